The quantitative estimate of drug-likeness (QED) is 0.314. The van der Waals surface area contributed by atoms with Crippen LogP contribution in [0.1, 0.15) is 31.4 Å². The summed E-state index contributed by atoms with van der Waals surface area (Å²) in [4.78, 5) is 23.8. The molecule has 0 bridgehead atoms. The fraction of sp³-hybridized carbons (Fsp3) is 0.462. The second-order valence-corrected chi connectivity index (χ2v) is 8.78. The molecule has 2 aromatic rings. The van der Waals surface area contributed by atoms with E-state index in [-0.39, 0.29) is 42.5 Å². The molecule has 1 amide bonds. The van der Waals surface area contributed by atoms with Gasteiger partial charge in [-0.15, -0.1) is 24.0 Å². The average molecular weight is 577 g/mol. The third-order valence-electron chi connectivity index (χ3n) is 6.58. The Morgan fingerprint density at radius 2 is 1.56 bits per heavy atom. The van der Waals surface area contributed by atoms with Gasteiger partial charge < -0.3 is 25.3 Å². The third kappa shape index (κ3) is 6.77. The monoisotopic (exact) mass is 576 g/mol. The number of halogens is 1. The summed E-state index contributed by atoms with van der Waals surface area (Å²) in [5.41, 5.74) is 3.72. The fourth-order valence-corrected chi connectivity index (χ4v) is 4.57. The molecule has 0 saturated carbocycles. The van der Waals surface area contributed by atoms with Crippen LogP contribution >= 0.6 is 24.0 Å². The molecule has 2 fully saturated rings. The van der Waals surface area contributed by atoms with Crippen LogP contribution in [0.5, 0.6) is 0 Å². The van der Waals surface area contributed by atoms with Gasteiger partial charge in [-0.2, -0.15) is 0 Å². The van der Waals surface area contributed by atoms with Crippen molar-refractivity contribution in [2.24, 2.45) is 4.99 Å². The van der Waals surface area contributed by atoms with Crippen LogP contribution in [0.25, 0.3) is 0 Å². The number of carbonyl (C=O) groups excluding carboxylic acids is 1. The number of rotatable bonds is 6. The summed E-state index contributed by atoms with van der Waals surface area (Å²) in [7, 11) is 1.74. The number of benzene rings is 2. The van der Waals surface area contributed by atoms with Crippen molar-refractivity contribution >= 4 is 47.2 Å². The summed E-state index contributed by atoms with van der Waals surface area (Å²) in [5, 5.41) is 6.63. The molecule has 0 aromatic heterocycles. The van der Waals surface area contributed by atoms with Crippen LogP contribution in [0, 0.1) is 0 Å². The lowest BCUT2D eigenvalue weighted by Crippen LogP contribution is -2.52. The topological polar surface area (TPSA) is 63.2 Å². The van der Waals surface area contributed by atoms with Crippen molar-refractivity contribution < 1.29 is 4.79 Å². The molecule has 2 aliphatic rings. The summed E-state index contributed by atoms with van der Waals surface area (Å²) in [6.07, 6.45) is 2.54. The highest BCUT2D eigenvalue weighted by Gasteiger charge is 2.21. The van der Waals surface area contributed by atoms with E-state index in [1.807, 2.05) is 11.0 Å². The lowest BCUT2D eigenvalue weighted by Gasteiger charge is -2.36. The number of piperazine rings is 1. The van der Waals surface area contributed by atoms with Crippen molar-refractivity contribution in [1.29, 1.82) is 0 Å². The zero-order chi connectivity index (χ0) is 23.0. The zero-order valence-corrected chi connectivity index (χ0v) is 22.6. The van der Waals surface area contributed by atoms with E-state index in [1.165, 1.54) is 29.8 Å². The van der Waals surface area contributed by atoms with E-state index in [1.54, 1.807) is 7.05 Å². The molecular weight excluding hydrogens is 539 g/mol. The van der Waals surface area contributed by atoms with Crippen LogP contribution in [0.2, 0.25) is 0 Å². The van der Waals surface area contributed by atoms with Gasteiger partial charge in [0.1, 0.15) is 0 Å². The Hall–Kier alpha value is -2.49. The fourth-order valence-electron chi connectivity index (χ4n) is 4.57. The Labute approximate surface area is 220 Å². The Morgan fingerprint density at radius 1 is 0.912 bits per heavy atom. The van der Waals surface area contributed by atoms with E-state index in [9.17, 15) is 4.79 Å². The number of aliphatic imine (C=N–C) groups is 1. The SMILES string of the molecule is CN=C(NCC(=O)N1CCN(c2ccccc2)CC1)NC(C)c1cccc(N2CCCC2)c1.I. The van der Waals surface area contributed by atoms with Crippen molar-refractivity contribution in [3.05, 3.63) is 60.2 Å². The lowest BCUT2D eigenvalue weighted by atomic mass is 10.1. The molecule has 8 heteroatoms. The highest BCUT2D eigenvalue weighted by molar-refractivity contribution is 14.0. The van der Waals surface area contributed by atoms with Gasteiger partial charge >= 0.3 is 0 Å². The first-order chi connectivity index (χ1) is 16.1. The molecule has 2 saturated heterocycles. The van der Waals surface area contributed by atoms with Crippen molar-refractivity contribution in [2.75, 3.05) is 62.7 Å². The van der Waals surface area contributed by atoms with Gasteiger partial charge in [0, 0.05) is 57.7 Å². The Morgan fingerprint density at radius 3 is 2.24 bits per heavy atom. The molecule has 0 aliphatic carbocycles. The Bertz CT molecular complexity index is 939. The predicted molar refractivity (Wildman–Crippen MR) is 151 cm³/mol. The number of nitrogens with zero attached hydrogens (tertiary/aromatic N) is 4. The van der Waals surface area contributed by atoms with Crippen molar-refractivity contribution in [2.45, 2.75) is 25.8 Å². The summed E-state index contributed by atoms with van der Waals surface area (Å²) in [5.74, 6) is 0.750. The number of hydrogen-bond acceptors (Lipinski definition) is 4. The van der Waals surface area contributed by atoms with Gasteiger partial charge in [0.2, 0.25) is 5.91 Å². The maximum absolute atomic E-state index is 12.8. The summed E-state index contributed by atoms with van der Waals surface area (Å²) in [6.45, 7) is 7.82. The van der Waals surface area contributed by atoms with Crippen molar-refractivity contribution in [1.82, 2.24) is 15.5 Å². The van der Waals surface area contributed by atoms with Crippen LogP contribution in [0.3, 0.4) is 0 Å². The molecule has 1 unspecified atom stereocenters. The van der Waals surface area contributed by atoms with E-state index in [2.05, 4.69) is 80.9 Å². The molecule has 0 spiro atoms. The zero-order valence-electron chi connectivity index (χ0n) is 20.2. The third-order valence-corrected chi connectivity index (χ3v) is 6.58. The highest BCUT2D eigenvalue weighted by Crippen LogP contribution is 2.24. The molecule has 7 nitrogen and oxygen atoms in total. The number of anilines is 2. The lowest BCUT2D eigenvalue weighted by molar-refractivity contribution is -0.130. The summed E-state index contributed by atoms with van der Waals surface area (Å²) in [6, 6.07) is 19.2. The molecule has 1 atom stereocenters. The molecule has 2 aliphatic heterocycles. The first-order valence-electron chi connectivity index (χ1n) is 12.0. The maximum atomic E-state index is 12.8. The van der Waals surface area contributed by atoms with E-state index in [0.29, 0.717) is 5.96 Å². The number of nitrogens with one attached hydrogen (secondary N) is 2. The first kappa shape index (κ1) is 26.1. The minimum Gasteiger partial charge on any atom is -0.372 e. The van der Waals surface area contributed by atoms with Crippen LogP contribution in [-0.4, -0.2) is 69.6 Å². The molecule has 184 valence electrons. The maximum Gasteiger partial charge on any atom is 0.242 e. The predicted octanol–water partition coefficient (Wildman–Crippen LogP) is 3.48. The number of para-hydroxylation sites is 1. The highest BCUT2D eigenvalue weighted by atomic mass is 127. The minimum atomic E-state index is 0. The van der Waals surface area contributed by atoms with Crippen molar-refractivity contribution in [3.63, 3.8) is 0 Å². The molecule has 4 rings (SSSR count). The number of hydrogen-bond donors (Lipinski definition) is 2. The van der Waals surface area contributed by atoms with Crippen LogP contribution < -0.4 is 20.4 Å². The largest absolute Gasteiger partial charge is 0.372 e. The standard InChI is InChI=1S/C26H36N6O.HI/c1-21(22-9-8-12-24(19-22)30-13-6-7-14-30)29-26(27-2)28-20-25(33)32-17-15-31(16-18-32)23-10-4-3-5-11-23;/h3-5,8-12,19,21H,6-7,13-18,20H2,1-2H3,(H2,27,28,29);1H. The van der Waals surface area contributed by atoms with E-state index in [0.717, 1.165) is 39.3 Å². The molecular formula is C26H37IN6O. The summed E-state index contributed by atoms with van der Waals surface area (Å²) < 4.78 is 0. The van der Waals surface area contributed by atoms with Gasteiger partial charge in [0.25, 0.3) is 0 Å². The molecule has 2 aromatic carbocycles. The van der Waals surface area contributed by atoms with Gasteiger partial charge in [0.05, 0.1) is 12.6 Å². The summed E-state index contributed by atoms with van der Waals surface area (Å²) >= 11 is 0. The molecule has 0 radical (unpaired) electrons. The van der Waals surface area contributed by atoms with Gasteiger partial charge in [-0.1, -0.05) is 30.3 Å². The van der Waals surface area contributed by atoms with Gasteiger partial charge in [-0.25, -0.2) is 0 Å². The Balaban J connectivity index is 0.00000324. The van der Waals surface area contributed by atoms with Crippen LogP contribution in [0.4, 0.5) is 11.4 Å². The second kappa shape index (κ2) is 12.8. The second-order valence-electron chi connectivity index (χ2n) is 8.78. The van der Waals surface area contributed by atoms with Crippen LogP contribution in [0.15, 0.2) is 59.6 Å². The van der Waals surface area contributed by atoms with E-state index < -0.39 is 0 Å². The molecule has 2 N–H and O–H groups in total. The Kier molecular flexibility index (Phi) is 9.86. The minimum absolute atomic E-state index is 0. The van der Waals surface area contributed by atoms with Gasteiger partial charge in [0.15, 0.2) is 5.96 Å². The normalized spacial score (nSPS) is 17.2. The van der Waals surface area contributed by atoms with E-state index in [4.69, 9.17) is 0 Å². The number of amides is 1. The smallest absolute Gasteiger partial charge is 0.242 e. The van der Waals surface area contributed by atoms with Crippen molar-refractivity contribution in [3.8, 4) is 0 Å². The number of carbonyl (C=O) groups is 1. The first-order valence-corrected chi connectivity index (χ1v) is 12.0. The molecule has 2 heterocycles. The van der Waals surface area contributed by atoms with Gasteiger partial charge in [-0.05, 0) is 49.6 Å². The van der Waals surface area contributed by atoms with E-state index >= 15 is 0 Å². The molecule has 34 heavy (non-hydrogen) atoms. The average Bonchev–Trinajstić information content (AvgIpc) is 3.42. The van der Waals surface area contributed by atoms with Crippen LogP contribution in [-0.2, 0) is 4.79 Å². The van der Waals surface area contributed by atoms with Gasteiger partial charge in [-0.3, -0.25) is 9.79 Å². The number of guanidine groups is 1.